The molecule has 26 heavy (non-hydrogen) atoms. The first kappa shape index (κ1) is 20.1. The van der Waals surface area contributed by atoms with Gasteiger partial charge in [0, 0.05) is 9.13 Å². The molecule has 1 aliphatic rings. The first-order chi connectivity index (χ1) is 12.4. The highest BCUT2D eigenvalue weighted by atomic mass is 127. The predicted molar refractivity (Wildman–Crippen MR) is 130 cm³/mol. The van der Waals surface area contributed by atoms with Crippen molar-refractivity contribution in [3.8, 4) is 5.75 Å². The normalized spacial score (nSPS) is 15.8. The molecule has 0 atom stereocenters. The van der Waals surface area contributed by atoms with Crippen LogP contribution in [0.4, 0.5) is 5.69 Å². The molecule has 3 rings (SSSR count). The van der Waals surface area contributed by atoms with Crippen molar-refractivity contribution in [1.29, 1.82) is 0 Å². The Balaban J connectivity index is 2.01. The maximum atomic E-state index is 13.0. The summed E-state index contributed by atoms with van der Waals surface area (Å²) in [6.45, 7) is 4.52. The maximum Gasteiger partial charge on any atom is 0.270 e. The molecule has 1 heterocycles. The average Bonchev–Trinajstić information content (AvgIpc) is 2.84. The van der Waals surface area contributed by atoms with E-state index < -0.39 is 0 Å². The lowest BCUT2D eigenvalue weighted by Gasteiger charge is -2.15. The smallest absolute Gasteiger partial charge is 0.270 e. The van der Waals surface area contributed by atoms with Crippen LogP contribution in [0, 0.1) is 14.1 Å². The van der Waals surface area contributed by atoms with Crippen LogP contribution in [0.25, 0.3) is 6.08 Å². The number of anilines is 1. The fourth-order valence-corrected chi connectivity index (χ4v) is 5.92. The second-order valence-corrected chi connectivity index (χ2v) is 9.68. The summed E-state index contributed by atoms with van der Waals surface area (Å²) in [4.78, 5) is 15.2. The summed E-state index contributed by atoms with van der Waals surface area (Å²) < 4.78 is 8.46. The largest absolute Gasteiger partial charge is 0.492 e. The van der Waals surface area contributed by atoms with Gasteiger partial charge in [-0.1, -0.05) is 36.1 Å². The highest BCUT2D eigenvalue weighted by Gasteiger charge is 2.33. The van der Waals surface area contributed by atoms with Gasteiger partial charge in [0.1, 0.15) is 5.75 Å². The second-order valence-electron chi connectivity index (χ2n) is 5.60. The van der Waals surface area contributed by atoms with Crippen LogP contribution in [0.2, 0.25) is 0 Å². The number of carbonyl (C=O) groups excluding carboxylic acids is 1. The molecule has 3 nitrogen and oxygen atoms in total. The zero-order valence-corrected chi connectivity index (χ0v) is 20.0. The Labute approximate surface area is 189 Å². The van der Waals surface area contributed by atoms with Crippen LogP contribution >= 0.6 is 69.2 Å². The van der Waals surface area contributed by atoms with E-state index in [1.807, 2.05) is 50.3 Å². The molecule has 0 N–H and O–H groups in total. The van der Waals surface area contributed by atoms with Gasteiger partial charge < -0.3 is 4.74 Å². The number of amides is 1. The van der Waals surface area contributed by atoms with E-state index in [9.17, 15) is 4.79 Å². The third kappa shape index (κ3) is 4.26. The summed E-state index contributed by atoms with van der Waals surface area (Å²) in [6.07, 6.45) is 1.88. The fraction of sp³-hybridized carbons (Fsp3) is 0.158. The van der Waals surface area contributed by atoms with Crippen molar-refractivity contribution in [1.82, 2.24) is 0 Å². The van der Waals surface area contributed by atoms with Gasteiger partial charge in [-0.25, -0.2) is 0 Å². The molecule has 7 heteroatoms. The van der Waals surface area contributed by atoms with Crippen molar-refractivity contribution >= 4 is 91.2 Å². The quantitative estimate of drug-likeness (QED) is 0.242. The summed E-state index contributed by atoms with van der Waals surface area (Å²) in [7, 11) is 0. The fourth-order valence-electron chi connectivity index (χ4n) is 2.58. The lowest BCUT2D eigenvalue weighted by atomic mass is 10.1. The molecule has 2 aromatic carbocycles. The Bertz CT molecular complexity index is 928. The van der Waals surface area contributed by atoms with Crippen LogP contribution in [-0.4, -0.2) is 16.8 Å². The third-order valence-corrected chi connectivity index (χ3v) is 6.39. The van der Waals surface area contributed by atoms with Crippen molar-refractivity contribution in [3.63, 3.8) is 0 Å². The Morgan fingerprint density at radius 3 is 2.73 bits per heavy atom. The van der Waals surface area contributed by atoms with Gasteiger partial charge in [-0.15, -0.1) is 0 Å². The van der Waals surface area contributed by atoms with Crippen LogP contribution in [-0.2, 0) is 4.79 Å². The number of nitrogens with zero attached hydrogens (tertiary/aromatic N) is 1. The van der Waals surface area contributed by atoms with E-state index in [0.717, 1.165) is 29.7 Å². The molecule has 1 fully saturated rings. The number of halogens is 2. The van der Waals surface area contributed by atoms with Gasteiger partial charge in [0.15, 0.2) is 4.32 Å². The number of carbonyl (C=O) groups is 1. The van der Waals surface area contributed by atoms with E-state index >= 15 is 0 Å². The summed E-state index contributed by atoms with van der Waals surface area (Å²) in [6, 6.07) is 11.9. The zero-order valence-electron chi connectivity index (χ0n) is 14.1. The number of aryl methyl sites for hydroxylation is 1. The summed E-state index contributed by atoms with van der Waals surface area (Å²) in [5, 5.41) is 0. The molecule has 1 aliphatic heterocycles. The van der Waals surface area contributed by atoms with Gasteiger partial charge in [-0.2, -0.15) is 0 Å². The highest BCUT2D eigenvalue weighted by molar-refractivity contribution is 14.1. The van der Waals surface area contributed by atoms with Gasteiger partial charge in [0.25, 0.3) is 5.91 Å². The highest BCUT2D eigenvalue weighted by Crippen LogP contribution is 2.38. The van der Waals surface area contributed by atoms with Crippen LogP contribution in [0.3, 0.4) is 0 Å². The number of thiocarbonyl (C=S) groups is 1. The van der Waals surface area contributed by atoms with Crippen molar-refractivity contribution in [2.24, 2.45) is 0 Å². The predicted octanol–water partition coefficient (Wildman–Crippen LogP) is 6.01. The molecular formula is C19H15I2NO2S2. The van der Waals surface area contributed by atoms with Gasteiger partial charge in [-0.3, -0.25) is 9.69 Å². The van der Waals surface area contributed by atoms with Crippen LogP contribution in [0.5, 0.6) is 5.75 Å². The van der Waals surface area contributed by atoms with Crippen molar-refractivity contribution in [2.45, 2.75) is 13.8 Å². The number of thioether (sulfide) groups is 1. The molecule has 0 radical (unpaired) electrons. The van der Waals surface area contributed by atoms with E-state index in [1.54, 1.807) is 4.90 Å². The number of rotatable bonds is 4. The lowest BCUT2D eigenvalue weighted by Crippen LogP contribution is -2.27. The molecule has 0 aromatic heterocycles. The van der Waals surface area contributed by atoms with Crippen LogP contribution in [0.15, 0.2) is 41.3 Å². The van der Waals surface area contributed by atoms with Gasteiger partial charge >= 0.3 is 0 Å². The molecule has 1 amide bonds. The molecular weight excluding hydrogens is 592 g/mol. The van der Waals surface area contributed by atoms with Gasteiger partial charge in [0.2, 0.25) is 0 Å². The minimum atomic E-state index is -0.0954. The van der Waals surface area contributed by atoms with E-state index in [2.05, 4.69) is 51.2 Å². The van der Waals surface area contributed by atoms with Gasteiger partial charge in [-0.05, 0) is 94.9 Å². The third-order valence-electron chi connectivity index (χ3n) is 3.67. The molecule has 0 aliphatic carbocycles. The molecule has 2 aromatic rings. The maximum absolute atomic E-state index is 13.0. The number of hydrogen-bond donors (Lipinski definition) is 0. The zero-order chi connectivity index (χ0) is 18.8. The molecule has 0 bridgehead atoms. The second kappa shape index (κ2) is 8.57. The van der Waals surface area contributed by atoms with Crippen LogP contribution in [0.1, 0.15) is 18.1 Å². The van der Waals surface area contributed by atoms with Crippen molar-refractivity contribution in [3.05, 3.63) is 59.6 Å². The van der Waals surface area contributed by atoms with Crippen LogP contribution < -0.4 is 9.64 Å². The Morgan fingerprint density at radius 2 is 2.04 bits per heavy atom. The van der Waals surface area contributed by atoms with Crippen molar-refractivity contribution < 1.29 is 9.53 Å². The molecule has 1 saturated heterocycles. The Kier molecular flexibility index (Phi) is 6.63. The summed E-state index contributed by atoms with van der Waals surface area (Å²) >= 11 is 11.3. The average molecular weight is 607 g/mol. The first-order valence-corrected chi connectivity index (χ1v) is 11.3. The van der Waals surface area contributed by atoms with E-state index in [-0.39, 0.29) is 5.91 Å². The Morgan fingerprint density at radius 1 is 1.27 bits per heavy atom. The molecule has 0 spiro atoms. The van der Waals surface area contributed by atoms with E-state index in [4.69, 9.17) is 17.0 Å². The molecule has 0 saturated carbocycles. The monoisotopic (exact) mass is 607 g/mol. The standard InChI is InChI=1S/C19H15I2NO2S2/c1-3-24-17-12(8-13(20)10-15(17)21)9-16-18(23)22(19(25)26-16)14-6-4-5-11(2)7-14/h4-10H,3H2,1-2H3/b16-9-. The molecule has 134 valence electrons. The lowest BCUT2D eigenvalue weighted by molar-refractivity contribution is -0.113. The summed E-state index contributed by atoms with van der Waals surface area (Å²) in [5.41, 5.74) is 2.79. The summed E-state index contributed by atoms with van der Waals surface area (Å²) in [5.74, 6) is 0.705. The number of hydrogen-bond acceptors (Lipinski definition) is 4. The van der Waals surface area contributed by atoms with E-state index in [0.29, 0.717) is 15.8 Å². The first-order valence-electron chi connectivity index (χ1n) is 7.87. The number of ether oxygens (including phenoxy) is 1. The van der Waals surface area contributed by atoms with Crippen molar-refractivity contribution in [2.75, 3.05) is 11.5 Å². The number of benzene rings is 2. The van der Waals surface area contributed by atoms with E-state index in [1.165, 1.54) is 11.8 Å². The Hall–Kier alpha value is -0.650. The van der Waals surface area contributed by atoms with Gasteiger partial charge in [0.05, 0.1) is 20.8 Å². The SMILES string of the molecule is CCOc1c(I)cc(I)cc1/C=C1\SC(=S)N(c2cccc(C)c2)C1=O. The molecule has 0 unspecified atom stereocenters. The minimum Gasteiger partial charge on any atom is -0.492 e. The minimum absolute atomic E-state index is 0.0954. The topological polar surface area (TPSA) is 29.5 Å².